The number of hydrogen-bond donors (Lipinski definition) is 4. The van der Waals surface area contributed by atoms with Crippen molar-refractivity contribution < 1.29 is 45.9 Å². The normalized spacial score (nSPS) is 41.5. The zero-order valence-corrected chi connectivity index (χ0v) is 30.4. The number of halogens is 3. The molecule has 5 aliphatic rings. The Morgan fingerprint density at radius 3 is 2.16 bits per heavy atom. The minimum atomic E-state index is -5.87. The summed E-state index contributed by atoms with van der Waals surface area (Å²) in [5, 5.41) is 14.7. The molecule has 0 heterocycles. The molecule has 0 spiro atoms. The maximum Gasteiger partial charge on any atom is 0.516 e. The first kappa shape index (κ1) is 37.6. The highest BCUT2D eigenvalue weighted by atomic mass is 32.2. The van der Waals surface area contributed by atoms with Gasteiger partial charge in [0.15, 0.2) is 5.78 Å². The van der Waals surface area contributed by atoms with Gasteiger partial charge in [0.1, 0.15) is 0 Å². The number of ketones is 1. The van der Waals surface area contributed by atoms with E-state index in [4.69, 9.17) is 5.11 Å². The van der Waals surface area contributed by atoms with E-state index >= 15 is 0 Å². The average Bonchev–Trinajstić information content (AvgIpc) is 2.94. The summed E-state index contributed by atoms with van der Waals surface area (Å²) in [5.41, 5.74) is -7.26. The number of alkyl halides is 3. The first-order chi connectivity index (χ1) is 22.2. The molecule has 0 unspecified atom stereocenters. The lowest BCUT2D eigenvalue weighted by Crippen LogP contribution is -2.68. The second-order valence-corrected chi connectivity index (χ2v) is 19.3. The topological polar surface area (TPSA) is 159 Å². The van der Waals surface area contributed by atoms with E-state index in [0.29, 0.717) is 25.7 Å². The molecule has 0 aliphatic heterocycles. The predicted molar refractivity (Wildman–Crippen MR) is 175 cm³/mol. The van der Waals surface area contributed by atoms with Crippen molar-refractivity contribution >= 4 is 33.7 Å². The quantitative estimate of drug-likeness (QED) is 0.254. The number of carbonyl (C=O) groups is 4. The van der Waals surface area contributed by atoms with E-state index in [-0.39, 0.29) is 70.0 Å². The van der Waals surface area contributed by atoms with Crippen LogP contribution in [0, 0.1) is 44.8 Å². The summed E-state index contributed by atoms with van der Waals surface area (Å²) in [6, 6.07) is -1.58. The number of amides is 3. The summed E-state index contributed by atoms with van der Waals surface area (Å²) in [7, 11) is -5.87. The third-order valence-electron chi connectivity index (χ3n) is 14.5. The molecule has 10 nitrogen and oxygen atoms in total. The molecule has 0 aromatic rings. The first-order valence-corrected chi connectivity index (χ1v) is 18.9. The molecule has 4 N–H and O–H groups in total. The Labute approximate surface area is 287 Å². The van der Waals surface area contributed by atoms with E-state index in [1.807, 2.05) is 6.08 Å². The van der Waals surface area contributed by atoms with Crippen LogP contribution in [-0.4, -0.2) is 54.3 Å². The lowest BCUT2D eigenvalue weighted by atomic mass is 9.33. The van der Waals surface area contributed by atoms with Gasteiger partial charge in [-0.25, -0.2) is 9.52 Å². The maximum atomic E-state index is 14.6. The van der Waals surface area contributed by atoms with Gasteiger partial charge in [-0.2, -0.15) is 21.6 Å². The second kappa shape index (κ2) is 11.7. The number of hydrogen-bond acceptors (Lipinski definition) is 6. The fraction of sp³-hybridized carbons (Fsp3) is 0.829. The number of nitrogens with one attached hydrogen (secondary N) is 3. The minimum Gasteiger partial charge on any atom is -0.481 e. The average molecular weight is 716 g/mol. The Kier molecular flexibility index (Phi) is 8.98. The third kappa shape index (κ3) is 5.99. The van der Waals surface area contributed by atoms with E-state index < -0.39 is 38.5 Å². The highest BCUT2D eigenvalue weighted by Crippen LogP contribution is 2.74. The second-order valence-electron chi connectivity index (χ2n) is 17.6. The lowest BCUT2D eigenvalue weighted by Gasteiger charge is -2.70. The van der Waals surface area contributed by atoms with Gasteiger partial charge in [-0.05, 0) is 110 Å². The van der Waals surface area contributed by atoms with Crippen molar-refractivity contribution in [1.82, 2.24) is 15.4 Å². The molecule has 0 radical (unpaired) electrons. The molecule has 5 aliphatic carbocycles. The first-order valence-electron chi connectivity index (χ1n) is 17.4. The van der Waals surface area contributed by atoms with Crippen LogP contribution in [-0.2, 0) is 24.4 Å². The molecule has 3 amide bonds. The van der Waals surface area contributed by atoms with Crippen molar-refractivity contribution in [2.45, 2.75) is 136 Å². The number of carboxylic acids is 1. The van der Waals surface area contributed by atoms with Gasteiger partial charge in [-0.1, -0.05) is 47.1 Å². The minimum absolute atomic E-state index is 0.0698. The number of rotatable bonds is 6. The molecular formula is C35H52F3N3O7S. The largest absolute Gasteiger partial charge is 0.516 e. The van der Waals surface area contributed by atoms with Crippen molar-refractivity contribution in [2.24, 2.45) is 44.8 Å². The van der Waals surface area contributed by atoms with Crippen LogP contribution in [0.4, 0.5) is 18.0 Å². The highest BCUT2D eigenvalue weighted by Gasteiger charge is 2.70. The number of fused-ring (bicyclic) bond motifs is 7. The van der Waals surface area contributed by atoms with Gasteiger partial charge in [0.2, 0.25) is 5.91 Å². The lowest BCUT2D eigenvalue weighted by molar-refractivity contribution is -0.189. The van der Waals surface area contributed by atoms with Crippen LogP contribution in [0.1, 0.15) is 119 Å². The highest BCUT2D eigenvalue weighted by molar-refractivity contribution is 7.90. The van der Waals surface area contributed by atoms with Crippen LogP contribution in [0.15, 0.2) is 11.6 Å². The number of urea groups is 1. The molecule has 0 aromatic carbocycles. The van der Waals surface area contributed by atoms with Gasteiger partial charge in [-0.15, -0.1) is 0 Å². The summed E-state index contributed by atoms with van der Waals surface area (Å²) >= 11 is 0. The summed E-state index contributed by atoms with van der Waals surface area (Å²) in [4.78, 5) is 50.9. The zero-order valence-electron chi connectivity index (χ0n) is 29.6. The van der Waals surface area contributed by atoms with Crippen molar-refractivity contribution in [1.29, 1.82) is 0 Å². The molecular weight excluding hydrogens is 663 g/mol. The maximum absolute atomic E-state index is 14.6. The van der Waals surface area contributed by atoms with Crippen molar-refractivity contribution in [3.05, 3.63) is 11.6 Å². The van der Waals surface area contributed by atoms with Gasteiger partial charge < -0.3 is 15.7 Å². The van der Waals surface area contributed by atoms with Crippen LogP contribution in [0.5, 0.6) is 0 Å². The van der Waals surface area contributed by atoms with Crippen LogP contribution < -0.4 is 15.4 Å². The SMILES string of the molecule is CC1(C)[C@@H](NC(=O)CCC(=O)O)CC[C@]2(C)[C@H]3C(=O)C=C4[C@@H]5C[C@@](C)(NC(=O)NS(=O)(=O)C(F)(F)F)CC[C@]5(C)CC[C@@]4(C)[C@]3(C)CC[C@@H]12. The monoisotopic (exact) mass is 715 g/mol. The molecule has 276 valence electrons. The number of aliphatic carboxylic acids is 1. The van der Waals surface area contributed by atoms with Crippen molar-refractivity contribution in [2.75, 3.05) is 0 Å². The molecule has 4 saturated carbocycles. The van der Waals surface area contributed by atoms with Crippen molar-refractivity contribution in [3.63, 3.8) is 0 Å². The number of carbonyl (C=O) groups excluding carboxylic acids is 3. The van der Waals surface area contributed by atoms with Gasteiger partial charge >= 0.3 is 27.5 Å². The molecule has 49 heavy (non-hydrogen) atoms. The van der Waals surface area contributed by atoms with E-state index in [0.717, 1.165) is 42.4 Å². The summed E-state index contributed by atoms with van der Waals surface area (Å²) in [5.74, 6) is -1.52. The fourth-order valence-electron chi connectivity index (χ4n) is 11.5. The Balaban J connectivity index is 1.43. The molecule has 0 bridgehead atoms. The van der Waals surface area contributed by atoms with E-state index in [2.05, 4.69) is 52.2 Å². The summed E-state index contributed by atoms with van der Waals surface area (Å²) in [6.45, 7) is 14.9. The van der Waals surface area contributed by atoms with Crippen LogP contribution in [0.2, 0.25) is 0 Å². The molecule has 5 rings (SSSR count). The summed E-state index contributed by atoms with van der Waals surface area (Å²) in [6.07, 6.45) is 7.76. The van der Waals surface area contributed by atoms with E-state index in [1.165, 1.54) is 0 Å². The van der Waals surface area contributed by atoms with E-state index in [1.54, 1.807) is 6.92 Å². The van der Waals surface area contributed by atoms with E-state index in [9.17, 15) is 40.8 Å². The Hall–Kier alpha value is -2.64. The molecule has 0 saturated heterocycles. The molecule has 4 fully saturated rings. The number of carboxylic acid groups (broad SMARTS) is 1. The fourth-order valence-corrected chi connectivity index (χ4v) is 11.9. The molecule has 0 aromatic heterocycles. The van der Waals surface area contributed by atoms with Crippen LogP contribution in [0.25, 0.3) is 0 Å². The molecule has 9 atom stereocenters. The predicted octanol–water partition coefficient (Wildman–Crippen LogP) is 6.22. The van der Waals surface area contributed by atoms with Gasteiger partial charge in [0.25, 0.3) is 0 Å². The number of allylic oxidation sites excluding steroid dienone is 2. The number of sulfonamides is 1. The summed E-state index contributed by atoms with van der Waals surface area (Å²) < 4.78 is 63.3. The smallest absolute Gasteiger partial charge is 0.481 e. The van der Waals surface area contributed by atoms with Gasteiger partial charge in [-0.3, -0.25) is 14.4 Å². The Morgan fingerprint density at radius 1 is 0.918 bits per heavy atom. The van der Waals surface area contributed by atoms with Crippen LogP contribution in [0.3, 0.4) is 0 Å². The molecule has 14 heteroatoms. The Bertz CT molecular complexity index is 1580. The zero-order chi connectivity index (χ0) is 36.8. The third-order valence-corrected chi connectivity index (χ3v) is 15.5. The standard InChI is InChI=1S/C35H52F3N3O7S/c1-29(2)23-10-13-34(7)27(32(23,5)12-11-24(29)39-25(43)8-9-26(44)45)22(42)18-20-21-19-31(4,16-14-30(21,3)15-17-33(20,34)6)40-28(46)41-49(47,48)35(36,37)38/h18,21,23-24,27H,8-17,19H2,1-7H3,(H,39,43)(H,44,45)(H2,40,41,46)/t21-,23-,24-,27+,30+,31-,32-,33+,34+/m0/s1. The van der Waals surface area contributed by atoms with Gasteiger partial charge in [0, 0.05) is 23.9 Å². The van der Waals surface area contributed by atoms with Crippen molar-refractivity contribution in [3.8, 4) is 0 Å². The van der Waals surface area contributed by atoms with Crippen LogP contribution >= 0.6 is 0 Å². The Morgan fingerprint density at radius 2 is 1.55 bits per heavy atom. The van der Waals surface area contributed by atoms with Gasteiger partial charge in [0.05, 0.1) is 6.42 Å².